The molecule has 0 amide bonds. The number of halogens is 1. The number of ether oxygens (including phenoxy) is 1. The van der Waals surface area contributed by atoms with Crippen molar-refractivity contribution in [1.82, 2.24) is 9.80 Å². The minimum atomic E-state index is -1.82. The fourth-order valence-corrected chi connectivity index (χ4v) is 3.97. The highest BCUT2D eigenvalue weighted by Crippen LogP contribution is 2.23. The van der Waals surface area contributed by atoms with Crippen LogP contribution in [0.25, 0.3) is 0 Å². The number of benzene rings is 3. The second-order valence-electron chi connectivity index (χ2n) is 7.82. The second-order valence-corrected chi connectivity index (χ2v) is 8.67. The molecule has 1 saturated heterocycles. The molecule has 4 rings (SSSR count). The quantitative estimate of drug-likeness (QED) is 0.449. The molecular weight excluding hydrogens is 500 g/mol. The van der Waals surface area contributed by atoms with Crippen LogP contribution in [0.4, 0.5) is 0 Å². The Kier molecular flexibility index (Phi) is 9.63. The van der Waals surface area contributed by atoms with Gasteiger partial charge in [0, 0.05) is 43.7 Å². The Labute approximate surface area is 207 Å². The third-order valence-electron chi connectivity index (χ3n) is 5.28. The van der Waals surface area contributed by atoms with E-state index in [4.69, 9.17) is 24.5 Å². The molecule has 34 heavy (non-hydrogen) atoms. The maximum Gasteiger partial charge on any atom is 0.414 e. The predicted molar refractivity (Wildman–Crippen MR) is 133 cm³/mol. The number of hydrogen-bond donors (Lipinski definition) is 2. The van der Waals surface area contributed by atoms with Crippen molar-refractivity contribution in [2.45, 2.75) is 13.1 Å². The van der Waals surface area contributed by atoms with Gasteiger partial charge < -0.3 is 14.9 Å². The monoisotopic (exact) mass is 526 g/mol. The van der Waals surface area contributed by atoms with Crippen molar-refractivity contribution in [3.05, 3.63) is 94.5 Å². The van der Waals surface area contributed by atoms with Crippen molar-refractivity contribution in [3.8, 4) is 11.5 Å². The first kappa shape index (κ1) is 25.4. The highest BCUT2D eigenvalue weighted by atomic mass is 79.9. The molecular formula is C26H27BrN2O5. The average Bonchev–Trinajstić information content (AvgIpc) is 2.83. The normalized spacial score (nSPS) is 14.0. The number of aliphatic carboxylic acids is 2. The average molecular weight is 527 g/mol. The molecule has 178 valence electrons. The van der Waals surface area contributed by atoms with E-state index in [-0.39, 0.29) is 0 Å². The topological polar surface area (TPSA) is 90.3 Å². The zero-order chi connectivity index (χ0) is 24.3. The Bertz CT molecular complexity index is 1070. The Hall–Kier alpha value is -3.20. The number of piperazine rings is 1. The lowest BCUT2D eigenvalue weighted by atomic mass is 10.1. The highest BCUT2D eigenvalue weighted by Gasteiger charge is 2.18. The van der Waals surface area contributed by atoms with Gasteiger partial charge in [0.15, 0.2) is 0 Å². The summed E-state index contributed by atoms with van der Waals surface area (Å²) in [7, 11) is 0. The largest absolute Gasteiger partial charge is 0.473 e. The third kappa shape index (κ3) is 8.30. The molecule has 8 heteroatoms. The number of carboxylic acids is 2. The van der Waals surface area contributed by atoms with E-state index >= 15 is 0 Å². The summed E-state index contributed by atoms with van der Waals surface area (Å²) in [5, 5.41) is 14.8. The molecule has 0 aromatic heterocycles. The Morgan fingerprint density at radius 3 is 1.91 bits per heavy atom. The lowest BCUT2D eigenvalue weighted by Gasteiger charge is -2.35. The minimum Gasteiger partial charge on any atom is -0.473 e. The summed E-state index contributed by atoms with van der Waals surface area (Å²) in [4.78, 5) is 23.3. The molecule has 0 aliphatic carbocycles. The van der Waals surface area contributed by atoms with Crippen molar-refractivity contribution >= 4 is 27.9 Å². The molecule has 0 spiro atoms. The number of carbonyl (C=O) groups is 2. The van der Waals surface area contributed by atoms with E-state index in [1.807, 2.05) is 36.4 Å². The minimum absolute atomic E-state index is 0.875. The fourth-order valence-electron chi connectivity index (χ4n) is 3.56. The molecule has 0 bridgehead atoms. The predicted octanol–water partition coefficient (Wildman–Crippen LogP) is 4.71. The number of para-hydroxylation sites is 1. The van der Waals surface area contributed by atoms with Gasteiger partial charge in [0.1, 0.15) is 11.5 Å². The second kappa shape index (κ2) is 12.9. The summed E-state index contributed by atoms with van der Waals surface area (Å²) in [5.41, 5.74) is 2.66. The van der Waals surface area contributed by atoms with Gasteiger partial charge in [-0.25, -0.2) is 9.59 Å². The summed E-state index contributed by atoms with van der Waals surface area (Å²) in [6, 6.07) is 26.9. The van der Waals surface area contributed by atoms with Crippen LogP contribution in [-0.2, 0) is 22.7 Å². The van der Waals surface area contributed by atoms with E-state index in [2.05, 4.69) is 68.2 Å². The molecule has 7 nitrogen and oxygen atoms in total. The maximum atomic E-state index is 9.10. The van der Waals surface area contributed by atoms with Gasteiger partial charge in [-0.15, -0.1) is 0 Å². The molecule has 1 fully saturated rings. The SMILES string of the molecule is Brc1ccccc1CN1CCN(Cc2cccc(Oc3ccccc3)c2)CC1.O=C(O)C(=O)O. The molecule has 2 N–H and O–H groups in total. The van der Waals surface area contributed by atoms with Crippen LogP contribution in [0, 0.1) is 0 Å². The van der Waals surface area contributed by atoms with Crippen LogP contribution in [0.1, 0.15) is 11.1 Å². The van der Waals surface area contributed by atoms with E-state index in [9.17, 15) is 0 Å². The Morgan fingerprint density at radius 2 is 1.29 bits per heavy atom. The van der Waals surface area contributed by atoms with Gasteiger partial charge >= 0.3 is 11.9 Å². The third-order valence-corrected chi connectivity index (χ3v) is 6.06. The molecule has 3 aromatic rings. The number of carboxylic acid groups (broad SMARTS) is 2. The standard InChI is InChI=1S/C24H25BrN2O.C2H2O4/c25-24-12-5-4-8-21(24)19-27-15-13-26(14-16-27)18-20-7-6-11-23(17-20)28-22-9-2-1-3-10-22;3-1(4)2(5)6/h1-12,17H,13-16,18-19H2;(H,3,4)(H,5,6). The van der Waals surface area contributed by atoms with E-state index in [0.717, 1.165) is 50.8 Å². The zero-order valence-electron chi connectivity index (χ0n) is 18.6. The summed E-state index contributed by atoms with van der Waals surface area (Å²) >= 11 is 3.66. The van der Waals surface area contributed by atoms with Gasteiger partial charge in [-0.2, -0.15) is 0 Å². The molecule has 1 aliphatic heterocycles. The molecule has 0 unspecified atom stereocenters. The molecule has 0 radical (unpaired) electrons. The summed E-state index contributed by atoms with van der Waals surface area (Å²) in [6.07, 6.45) is 0. The lowest BCUT2D eigenvalue weighted by Crippen LogP contribution is -2.45. The van der Waals surface area contributed by atoms with Crippen LogP contribution in [0.5, 0.6) is 11.5 Å². The number of nitrogens with zero attached hydrogens (tertiary/aromatic N) is 2. The summed E-state index contributed by atoms with van der Waals surface area (Å²) in [5.74, 6) is -1.87. The van der Waals surface area contributed by atoms with E-state index in [1.165, 1.54) is 15.6 Å². The van der Waals surface area contributed by atoms with Crippen LogP contribution in [0.15, 0.2) is 83.3 Å². The van der Waals surface area contributed by atoms with E-state index < -0.39 is 11.9 Å². The van der Waals surface area contributed by atoms with Crippen molar-refractivity contribution < 1.29 is 24.5 Å². The molecule has 3 aromatic carbocycles. The van der Waals surface area contributed by atoms with Gasteiger partial charge in [0.2, 0.25) is 0 Å². The van der Waals surface area contributed by atoms with Gasteiger partial charge in [-0.3, -0.25) is 9.80 Å². The lowest BCUT2D eigenvalue weighted by molar-refractivity contribution is -0.159. The first-order valence-corrected chi connectivity index (χ1v) is 11.7. The summed E-state index contributed by atoms with van der Waals surface area (Å²) < 4.78 is 7.17. The van der Waals surface area contributed by atoms with Crippen LogP contribution in [0.2, 0.25) is 0 Å². The maximum absolute atomic E-state index is 9.10. The van der Waals surface area contributed by atoms with Crippen molar-refractivity contribution in [1.29, 1.82) is 0 Å². The molecule has 1 aliphatic rings. The van der Waals surface area contributed by atoms with Crippen LogP contribution < -0.4 is 4.74 Å². The smallest absolute Gasteiger partial charge is 0.414 e. The van der Waals surface area contributed by atoms with Crippen molar-refractivity contribution in [3.63, 3.8) is 0 Å². The van der Waals surface area contributed by atoms with Crippen molar-refractivity contribution in [2.24, 2.45) is 0 Å². The zero-order valence-corrected chi connectivity index (χ0v) is 20.2. The first-order valence-electron chi connectivity index (χ1n) is 10.9. The van der Waals surface area contributed by atoms with E-state index in [0.29, 0.717) is 0 Å². The van der Waals surface area contributed by atoms with Crippen molar-refractivity contribution in [2.75, 3.05) is 26.2 Å². The van der Waals surface area contributed by atoms with Gasteiger partial charge in [-0.1, -0.05) is 64.5 Å². The number of rotatable bonds is 6. The Morgan fingerprint density at radius 1 is 0.735 bits per heavy atom. The molecule has 1 heterocycles. The van der Waals surface area contributed by atoms with Crippen LogP contribution in [0.3, 0.4) is 0 Å². The number of hydrogen-bond acceptors (Lipinski definition) is 5. The van der Waals surface area contributed by atoms with Gasteiger partial charge in [-0.05, 0) is 41.5 Å². The first-order chi connectivity index (χ1) is 16.4. The van der Waals surface area contributed by atoms with E-state index in [1.54, 1.807) is 0 Å². The van der Waals surface area contributed by atoms with Crippen LogP contribution in [-0.4, -0.2) is 58.1 Å². The van der Waals surface area contributed by atoms with Gasteiger partial charge in [0.25, 0.3) is 0 Å². The van der Waals surface area contributed by atoms with Crippen LogP contribution >= 0.6 is 15.9 Å². The molecule has 0 saturated carbocycles. The fraction of sp³-hybridized carbons (Fsp3) is 0.231. The summed E-state index contributed by atoms with van der Waals surface area (Å²) in [6.45, 7) is 6.36. The van der Waals surface area contributed by atoms with Gasteiger partial charge in [0.05, 0.1) is 0 Å². The highest BCUT2D eigenvalue weighted by molar-refractivity contribution is 9.10. The Balaban J connectivity index is 0.000000481. The molecule has 0 atom stereocenters.